The van der Waals surface area contributed by atoms with Crippen LogP contribution in [0.25, 0.3) is 0 Å². The van der Waals surface area contributed by atoms with Gasteiger partial charge >= 0.3 is 0 Å². The van der Waals surface area contributed by atoms with Crippen molar-refractivity contribution in [1.29, 1.82) is 0 Å². The fourth-order valence-electron chi connectivity index (χ4n) is 0.832. The largest absolute Gasteiger partial charge is 0.390 e. The highest BCUT2D eigenvalue weighted by Gasteiger charge is 2.29. The third-order valence-corrected chi connectivity index (χ3v) is 1.57. The van der Waals surface area contributed by atoms with E-state index in [0.29, 0.717) is 0 Å². The van der Waals surface area contributed by atoms with Crippen LogP contribution in [0.3, 0.4) is 0 Å². The zero-order valence-electron chi connectivity index (χ0n) is 6.29. The smallest absolute Gasteiger partial charge is 0.107 e. The van der Waals surface area contributed by atoms with E-state index in [9.17, 15) is 5.11 Å². The predicted molar refractivity (Wildman–Crippen MR) is 39.8 cm³/mol. The molecule has 2 atom stereocenters. The van der Waals surface area contributed by atoms with Gasteiger partial charge in [0.2, 0.25) is 0 Å². The second-order valence-corrected chi connectivity index (χ2v) is 2.55. The van der Waals surface area contributed by atoms with Crippen LogP contribution in [0.2, 0.25) is 0 Å². The summed E-state index contributed by atoms with van der Waals surface area (Å²) in [6.07, 6.45) is 5.69. The fraction of sp³-hybridized carbons (Fsp3) is 0.750. The van der Waals surface area contributed by atoms with Crippen molar-refractivity contribution in [3.8, 4) is 0 Å². The first kappa shape index (κ1) is 7.76. The summed E-state index contributed by atoms with van der Waals surface area (Å²) in [6.45, 7) is 2.82. The Bertz CT molecular complexity index is 116. The highest BCUT2D eigenvalue weighted by molar-refractivity contribution is 4.88. The van der Waals surface area contributed by atoms with E-state index in [1.807, 2.05) is 6.08 Å². The van der Waals surface area contributed by atoms with E-state index in [-0.39, 0.29) is 12.2 Å². The van der Waals surface area contributed by atoms with Gasteiger partial charge in [-0.05, 0) is 12.8 Å². The maximum Gasteiger partial charge on any atom is 0.107 e. The number of rotatable bonds is 4. The average molecular weight is 142 g/mol. The lowest BCUT2D eigenvalue weighted by molar-refractivity contribution is 0.138. The van der Waals surface area contributed by atoms with Gasteiger partial charge < -0.3 is 9.84 Å². The van der Waals surface area contributed by atoms with Crippen LogP contribution in [0.1, 0.15) is 19.8 Å². The van der Waals surface area contributed by atoms with Crippen molar-refractivity contribution in [2.45, 2.75) is 32.0 Å². The van der Waals surface area contributed by atoms with Crippen molar-refractivity contribution < 1.29 is 9.84 Å². The summed E-state index contributed by atoms with van der Waals surface area (Å²) >= 11 is 0. The molecule has 1 aliphatic rings. The fourth-order valence-corrected chi connectivity index (χ4v) is 0.832. The normalized spacial score (nSPS) is 27.2. The first-order valence-corrected chi connectivity index (χ1v) is 3.79. The summed E-state index contributed by atoms with van der Waals surface area (Å²) in [7, 11) is 0. The van der Waals surface area contributed by atoms with E-state index < -0.39 is 0 Å². The van der Waals surface area contributed by atoms with Crippen molar-refractivity contribution in [1.82, 2.24) is 0 Å². The molecule has 0 amide bonds. The summed E-state index contributed by atoms with van der Waals surface area (Å²) in [4.78, 5) is 0. The monoisotopic (exact) mass is 142 g/mol. The van der Waals surface area contributed by atoms with Gasteiger partial charge in [-0.2, -0.15) is 0 Å². The van der Waals surface area contributed by atoms with Gasteiger partial charge in [0, 0.05) is 0 Å². The number of hydrogen-bond donors (Lipinski definition) is 1. The lowest BCUT2D eigenvalue weighted by Crippen LogP contribution is -2.12. The first-order chi connectivity index (χ1) is 4.84. The van der Waals surface area contributed by atoms with E-state index in [1.54, 1.807) is 0 Å². The van der Waals surface area contributed by atoms with Gasteiger partial charge in [-0.25, -0.2) is 0 Å². The number of allylic oxidation sites excluding steroid dienone is 1. The Balaban J connectivity index is 2.05. The molecule has 58 valence electrons. The molecule has 2 nitrogen and oxygen atoms in total. The summed E-state index contributed by atoms with van der Waals surface area (Å²) in [5.41, 5.74) is 0. The SMILES string of the molecule is CC/C=C/CC(O)C1CO1. The highest BCUT2D eigenvalue weighted by atomic mass is 16.6. The maximum absolute atomic E-state index is 9.24. The summed E-state index contributed by atoms with van der Waals surface area (Å²) in [6, 6.07) is 0. The third kappa shape index (κ3) is 2.50. The Morgan fingerprint density at radius 3 is 2.90 bits per heavy atom. The minimum atomic E-state index is -0.275. The highest BCUT2D eigenvalue weighted by Crippen LogP contribution is 2.16. The number of hydrogen-bond acceptors (Lipinski definition) is 2. The molecule has 0 radical (unpaired) electrons. The lowest BCUT2D eigenvalue weighted by atomic mass is 10.2. The van der Waals surface area contributed by atoms with E-state index in [4.69, 9.17) is 4.74 Å². The molecular formula is C8H14O2. The molecule has 2 heteroatoms. The quantitative estimate of drug-likeness (QED) is 0.471. The Morgan fingerprint density at radius 2 is 2.40 bits per heavy atom. The van der Waals surface area contributed by atoms with Crippen molar-refractivity contribution in [2.24, 2.45) is 0 Å². The van der Waals surface area contributed by atoms with E-state index in [2.05, 4.69) is 13.0 Å². The molecule has 0 aromatic heterocycles. The first-order valence-electron chi connectivity index (χ1n) is 3.79. The van der Waals surface area contributed by atoms with Crippen LogP contribution in [-0.4, -0.2) is 23.9 Å². The number of aliphatic hydroxyl groups excluding tert-OH is 1. The predicted octanol–water partition coefficient (Wildman–Crippen LogP) is 1.10. The molecule has 2 unspecified atom stereocenters. The second kappa shape index (κ2) is 3.74. The van der Waals surface area contributed by atoms with Gasteiger partial charge in [0.1, 0.15) is 6.10 Å². The molecule has 1 N–H and O–H groups in total. The molecule has 0 bridgehead atoms. The third-order valence-electron chi connectivity index (χ3n) is 1.57. The van der Waals surface area contributed by atoms with Crippen LogP contribution >= 0.6 is 0 Å². The topological polar surface area (TPSA) is 32.8 Å². The molecule has 0 aromatic rings. The minimum absolute atomic E-state index is 0.126. The summed E-state index contributed by atoms with van der Waals surface area (Å²) in [5, 5.41) is 9.24. The Hall–Kier alpha value is -0.340. The molecule has 1 fully saturated rings. The molecular weight excluding hydrogens is 128 g/mol. The van der Waals surface area contributed by atoms with Crippen molar-refractivity contribution in [3.05, 3.63) is 12.2 Å². The van der Waals surface area contributed by atoms with Crippen molar-refractivity contribution in [2.75, 3.05) is 6.61 Å². The van der Waals surface area contributed by atoms with Gasteiger partial charge in [-0.1, -0.05) is 19.1 Å². The van der Waals surface area contributed by atoms with E-state index in [0.717, 1.165) is 19.4 Å². The molecule has 1 rings (SSSR count). The van der Waals surface area contributed by atoms with Crippen LogP contribution in [0.4, 0.5) is 0 Å². The van der Waals surface area contributed by atoms with Gasteiger partial charge in [0.25, 0.3) is 0 Å². The lowest BCUT2D eigenvalue weighted by Gasteiger charge is -2.00. The number of ether oxygens (including phenoxy) is 1. The molecule has 0 saturated carbocycles. The zero-order chi connectivity index (χ0) is 7.40. The molecule has 1 aliphatic heterocycles. The van der Waals surface area contributed by atoms with Crippen LogP contribution in [0.5, 0.6) is 0 Å². The van der Waals surface area contributed by atoms with Crippen LogP contribution in [0.15, 0.2) is 12.2 Å². The van der Waals surface area contributed by atoms with E-state index >= 15 is 0 Å². The number of epoxide rings is 1. The van der Waals surface area contributed by atoms with E-state index in [1.165, 1.54) is 0 Å². The van der Waals surface area contributed by atoms with Crippen LogP contribution in [-0.2, 0) is 4.74 Å². The molecule has 10 heavy (non-hydrogen) atoms. The maximum atomic E-state index is 9.24. The average Bonchev–Trinajstić information content (AvgIpc) is 2.69. The summed E-state index contributed by atoms with van der Waals surface area (Å²) < 4.78 is 4.92. The van der Waals surface area contributed by atoms with Gasteiger partial charge in [-0.3, -0.25) is 0 Å². The van der Waals surface area contributed by atoms with Crippen LogP contribution < -0.4 is 0 Å². The van der Waals surface area contributed by atoms with Gasteiger partial charge in [0.05, 0.1) is 12.7 Å². The Labute approximate surface area is 61.5 Å². The standard InChI is InChI=1S/C8H14O2/c1-2-3-4-5-7(9)8-6-10-8/h3-4,7-9H,2,5-6H2,1H3/b4-3+. The molecule has 1 heterocycles. The second-order valence-electron chi connectivity index (χ2n) is 2.55. The molecule has 1 saturated heterocycles. The zero-order valence-corrected chi connectivity index (χ0v) is 6.29. The van der Waals surface area contributed by atoms with Crippen LogP contribution in [0, 0.1) is 0 Å². The molecule has 0 spiro atoms. The molecule has 0 aromatic carbocycles. The Morgan fingerprint density at radius 1 is 1.70 bits per heavy atom. The number of aliphatic hydroxyl groups is 1. The van der Waals surface area contributed by atoms with Crippen molar-refractivity contribution in [3.63, 3.8) is 0 Å². The Kier molecular flexibility index (Phi) is 2.90. The van der Waals surface area contributed by atoms with Gasteiger partial charge in [0.15, 0.2) is 0 Å². The van der Waals surface area contributed by atoms with Crippen molar-refractivity contribution >= 4 is 0 Å². The van der Waals surface area contributed by atoms with Gasteiger partial charge in [-0.15, -0.1) is 0 Å². The molecule has 0 aliphatic carbocycles. The summed E-state index contributed by atoms with van der Waals surface area (Å²) in [5.74, 6) is 0. The minimum Gasteiger partial charge on any atom is -0.390 e.